The Hall–Kier alpha value is -1.45. The van der Waals surface area contributed by atoms with Crippen LogP contribution in [0.25, 0.3) is 5.95 Å². The van der Waals surface area contributed by atoms with Crippen LogP contribution in [-0.2, 0) is 0 Å². The highest BCUT2D eigenvalue weighted by Gasteiger charge is 2.08. The van der Waals surface area contributed by atoms with Crippen molar-refractivity contribution in [3.05, 3.63) is 50.8 Å². The molecule has 0 aliphatic heterocycles. The first kappa shape index (κ1) is 14.5. The standard InChI is InChI=1S/C12H7Cl2IN6/c13-8-5-7(15)1-2-9(8)17-11-18-10(14)19-12(20-11)21-4-3-16-6-21/h1-6H,(H,17,18,19,20). The van der Waals surface area contributed by atoms with Gasteiger partial charge < -0.3 is 5.32 Å². The summed E-state index contributed by atoms with van der Waals surface area (Å²) in [5.41, 5.74) is 0.691. The van der Waals surface area contributed by atoms with Crippen LogP contribution in [0.3, 0.4) is 0 Å². The van der Waals surface area contributed by atoms with Gasteiger partial charge in [-0.05, 0) is 52.4 Å². The van der Waals surface area contributed by atoms with Crippen LogP contribution in [0.15, 0.2) is 36.9 Å². The van der Waals surface area contributed by atoms with Gasteiger partial charge in [-0.2, -0.15) is 15.0 Å². The van der Waals surface area contributed by atoms with Gasteiger partial charge in [0.15, 0.2) is 0 Å². The second-order valence-electron chi connectivity index (χ2n) is 3.95. The Kier molecular flexibility index (Phi) is 4.22. The summed E-state index contributed by atoms with van der Waals surface area (Å²) in [6.45, 7) is 0. The molecule has 0 atom stereocenters. The van der Waals surface area contributed by atoms with Crippen molar-refractivity contribution in [2.24, 2.45) is 0 Å². The number of aromatic nitrogens is 5. The minimum absolute atomic E-state index is 0.0813. The molecule has 1 N–H and O–H groups in total. The molecule has 21 heavy (non-hydrogen) atoms. The Bertz CT molecular complexity index is 777. The molecule has 6 nitrogen and oxygen atoms in total. The first-order valence-electron chi connectivity index (χ1n) is 5.74. The van der Waals surface area contributed by atoms with Gasteiger partial charge in [0, 0.05) is 16.0 Å². The molecule has 0 saturated heterocycles. The zero-order chi connectivity index (χ0) is 14.8. The number of imidazole rings is 1. The first-order chi connectivity index (χ1) is 10.1. The lowest BCUT2D eigenvalue weighted by Crippen LogP contribution is -2.05. The topological polar surface area (TPSA) is 68.5 Å². The molecule has 3 aromatic rings. The summed E-state index contributed by atoms with van der Waals surface area (Å²) in [5, 5.41) is 3.68. The molecule has 0 spiro atoms. The summed E-state index contributed by atoms with van der Waals surface area (Å²) in [7, 11) is 0. The molecule has 0 amide bonds. The molecule has 0 saturated carbocycles. The Balaban J connectivity index is 1.95. The average Bonchev–Trinajstić information content (AvgIpc) is 2.95. The van der Waals surface area contributed by atoms with Gasteiger partial charge in [-0.15, -0.1) is 0 Å². The van der Waals surface area contributed by atoms with Crippen molar-refractivity contribution in [1.29, 1.82) is 0 Å². The summed E-state index contributed by atoms with van der Waals surface area (Å²) < 4.78 is 2.67. The van der Waals surface area contributed by atoms with Gasteiger partial charge in [0.05, 0.1) is 10.7 Å². The Labute approximate surface area is 143 Å². The molecule has 2 heterocycles. The van der Waals surface area contributed by atoms with E-state index in [4.69, 9.17) is 23.2 Å². The summed E-state index contributed by atoms with van der Waals surface area (Å²) in [6.07, 6.45) is 4.92. The third-order valence-electron chi connectivity index (χ3n) is 2.51. The molecule has 0 unspecified atom stereocenters. The van der Waals surface area contributed by atoms with Crippen molar-refractivity contribution in [1.82, 2.24) is 24.5 Å². The SMILES string of the molecule is Clc1nc(Nc2ccc(I)cc2Cl)nc(-n2ccnc2)n1. The number of hydrogen-bond acceptors (Lipinski definition) is 5. The third kappa shape index (κ3) is 3.42. The number of benzene rings is 1. The summed E-state index contributed by atoms with van der Waals surface area (Å²) in [6, 6.07) is 5.61. The highest BCUT2D eigenvalue weighted by molar-refractivity contribution is 14.1. The van der Waals surface area contributed by atoms with E-state index >= 15 is 0 Å². The number of rotatable bonds is 3. The summed E-state index contributed by atoms with van der Waals surface area (Å²) in [4.78, 5) is 16.3. The fraction of sp³-hybridized carbons (Fsp3) is 0. The molecular weight excluding hydrogens is 426 g/mol. The predicted octanol–water partition coefficient (Wildman–Crippen LogP) is 3.71. The van der Waals surface area contributed by atoms with Crippen LogP contribution in [0.5, 0.6) is 0 Å². The van der Waals surface area contributed by atoms with Gasteiger partial charge in [0.2, 0.25) is 17.2 Å². The van der Waals surface area contributed by atoms with Crippen LogP contribution in [0.4, 0.5) is 11.6 Å². The van der Waals surface area contributed by atoms with Crippen molar-refractivity contribution in [2.45, 2.75) is 0 Å². The van der Waals surface area contributed by atoms with Crippen LogP contribution in [0.2, 0.25) is 10.3 Å². The number of nitrogens with one attached hydrogen (secondary N) is 1. The normalized spacial score (nSPS) is 10.6. The van der Waals surface area contributed by atoms with Crippen LogP contribution in [-0.4, -0.2) is 24.5 Å². The minimum Gasteiger partial charge on any atom is -0.323 e. The predicted molar refractivity (Wildman–Crippen MR) is 89.4 cm³/mol. The maximum atomic E-state index is 6.17. The molecule has 0 aliphatic carbocycles. The van der Waals surface area contributed by atoms with E-state index in [2.05, 4.69) is 47.8 Å². The quantitative estimate of drug-likeness (QED) is 0.639. The zero-order valence-corrected chi connectivity index (χ0v) is 14.0. The molecule has 0 radical (unpaired) electrons. The number of anilines is 2. The van der Waals surface area contributed by atoms with E-state index < -0.39 is 0 Å². The molecule has 3 rings (SSSR count). The maximum absolute atomic E-state index is 6.17. The molecule has 0 bridgehead atoms. The minimum atomic E-state index is 0.0813. The summed E-state index contributed by atoms with van der Waals surface area (Å²) >= 11 is 14.3. The zero-order valence-electron chi connectivity index (χ0n) is 10.3. The lowest BCUT2D eigenvalue weighted by atomic mass is 10.3. The molecule has 106 valence electrons. The van der Waals surface area contributed by atoms with Crippen LogP contribution < -0.4 is 5.32 Å². The molecule has 0 aliphatic rings. The van der Waals surface area contributed by atoms with E-state index in [9.17, 15) is 0 Å². The van der Waals surface area contributed by atoms with E-state index in [-0.39, 0.29) is 5.28 Å². The monoisotopic (exact) mass is 432 g/mol. The molecule has 1 aromatic carbocycles. The van der Waals surface area contributed by atoms with Crippen LogP contribution in [0.1, 0.15) is 0 Å². The highest BCUT2D eigenvalue weighted by atomic mass is 127. The molecular formula is C12H7Cl2IN6. The Morgan fingerprint density at radius 2 is 2.00 bits per heavy atom. The Morgan fingerprint density at radius 3 is 2.71 bits per heavy atom. The first-order valence-corrected chi connectivity index (χ1v) is 7.57. The van der Waals surface area contributed by atoms with Gasteiger partial charge in [0.1, 0.15) is 6.33 Å². The van der Waals surface area contributed by atoms with Crippen LogP contribution in [0, 0.1) is 3.57 Å². The molecule has 2 aromatic heterocycles. The number of nitrogens with zero attached hydrogens (tertiary/aromatic N) is 5. The second-order valence-corrected chi connectivity index (χ2v) is 5.94. The van der Waals surface area contributed by atoms with Crippen molar-refractivity contribution in [3.63, 3.8) is 0 Å². The molecule has 0 fully saturated rings. The van der Waals surface area contributed by atoms with E-state index in [1.807, 2.05) is 18.2 Å². The smallest absolute Gasteiger partial charge is 0.241 e. The van der Waals surface area contributed by atoms with Crippen molar-refractivity contribution >= 4 is 57.4 Å². The van der Waals surface area contributed by atoms with E-state index in [0.717, 1.165) is 3.57 Å². The van der Waals surface area contributed by atoms with E-state index in [0.29, 0.717) is 22.6 Å². The van der Waals surface area contributed by atoms with Gasteiger partial charge in [-0.3, -0.25) is 4.57 Å². The second kappa shape index (κ2) is 6.12. The highest BCUT2D eigenvalue weighted by Crippen LogP contribution is 2.26. The van der Waals surface area contributed by atoms with Crippen molar-refractivity contribution in [2.75, 3.05) is 5.32 Å². The van der Waals surface area contributed by atoms with E-state index in [1.54, 1.807) is 23.3 Å². The third-order valence-corrected chi connectivity index (χ3v) is 3.66. The van der Waals surface area contributed by atoms with Crippen molar-refractivity contribution in [3.8, 4) is 5.95 Å². The Morgan fingerprint density at radius 1 is 1.14 bits per heavy atom. The molecule has 9 heteroatoms. The lowest BCUT2D eigenvalue weighted by Gasteiger charge is -2.08. The fourth-order valence-electron chi connectivity index (χ4n) is 1.60. The number of hydrogen-bond donors (Lipinski definition) is 1. The van der Waals surface area contributed by atoms with Gasteiger partial charge in [-0.1, -0.05) is 11.6 Å². The van der Waals surface area contributed by atoms with Crippen LogP contribution >= 0.6 is 45.8 Å². The largest absolute Gasteiger partial charge is 0.323 e. The lowest BCUT2D eigenvalue weighted by molar-refractivity contribution is 0.899. The fourth-order valence-corrected chi connectivity index (χ4v) is 2.66. The average molecular weight is 433 g/mol. The van der Waals surface area contributed by atoms with Gasteiger partial charge in [0.25, 0.3) is 0 Å². The summed E-state index contributed by atoms with van der Waals surface area (Å²) in [5.74, 6) is 0.679. The van der Waals surface area contributed by atoms with Crippen molar-refractivity contribution < 1.29 is 0 Å². The van der Waals surface area contributed by atoms with Gasteiger partial charge >= 0.3 is 0 Å². The number of halogens is 3. The maximum Gasteiger partial charge on any atom is 0.241 e. The van der Waals surface area contributed by atoms with Gasteiger partial charge in [-0.25, -0.2) is 4.98 Å². The van der Waals surface area contributed by atoms with E-state index in [1.165, 1.54) is 0 Å².